The van der Waals surface area contributed by atoms with Gasteiger partial charge in [0.15, 0.2) is 0 Å². The maximum absolute atomic E-state index is 12.6. The van der Waals surface area contributed by atoms with Crippen LogP contribution in [0, 0.1) is 0 Å². The number of hydrogen-bond donors (Lipinski definition) is 1. The van der Waals surface area contributed by atoms with Crippen LogP contribution in [0.1, 0.15) is 19.4 Å². The fourth-order valence-electron chi connectivity index (χ4n) is 3.83. The van der Waals surface area contributed by atoms with Crippen LogP contribution in [0.2, 0.25) is 0 Å². The van der Waals surface area contributed by atoms with Crippen molar-refractivity contribution in [1.82, 2.24) is 4.31 Å². The number of ether oxygens (including phenoxy) is 1. The summed E-state index contributed by atoms with van der Waals surface area (Å²) in [7, 11) is -1.97. The Kier molecular flexibility index (Phi) is 6.72. The van der Waals surface area contributed by atoms with Gasteiger partial charge in [-0.05, 0) is 35.9 Å². The highest BCUT2D eigenvalue weighted by Crippen LogP contribution is 2.36. The minimum absolute atomic E-state index is 0.224. The summed E-state index contributed by atoms with van der Waals surface area (Å²) >= 11 is 0. The van der Waals surface area contributed by atoms with Gasteiger partial charge in [0.1, 0.15) is 16.9 Å². The average Bonchev–Trinajstić information content (AvgIpc) is 3.20. The second-order valence-electron chi connectivity index (χ2n) is 7.63. The standard InChI is InChI=1S/C26H26N2O5S/c1-4-28(5-2)34(30,31)19-13-10-18(11-14-19)12-15-26(29)27-22-17-24-21(16-25(22)32-3)20-8-6-7-9-23(20)33-24/h6-17H,4-5H2,1-3H3,(H,27,29). The molecule has 0 unspecified atom stereocenters. The number of carbonyl (C=O) groups excluding carboxylic acids is 1. The molecule has 1 N–H and O–H groups in total. The van der Waals surface area contributed by atoms with Gasteiger partial charge in [-0.15, -0.1) is 0 Å². The normalized spacial score (nSPS) is 12.1. The van der Waals surface area contributed by atoms with Crippen molar-refractivity contribution in [2.45, 2.75) is 18.7 Å². The van der Waals surface area contributed by atoms with Gasteiger partial charge in [0.05, 0.1) is 17.7 Å². The predicted molar refractivity (Wildman–Crippen MR) is 134 cm³/mol. The van der Waals surface area contributed by atoms with E-state index >= 15 is 0 Å². The number of furan rings is 1. The summed E-state index contributed by atoms with van der Waals surface area (Å²) in [6, 6.07) is 17.7. The molecule has 7 nitrogen and oxygen atoms in total. The molecule has 4 rings (SSSR count). The number of para-hydroxylation sites is 1. The van der Waals surface area contributed by atoms with Crippen LogP contribution in [0.3, 0.4) is 0 Å². The third kappa shape index (κ3) is 4.55. The van der Waals surface area contributed by atoms with E-state index in [-0.39, 0.29) is 10.8 Å². The van der Waals surface area contributed by atoms with E-state index in [2.05, 4.69) is 5.32 Å². The SMILES string of the molecule is CCN(CC)S(=O)(=O)c1ccc(C=CC(=O)Nc2cc3oc4ccccc4c3cc2OC)cc1. The minimum atomic E-state index is -3.52. The first-order chi connectivity index (χ1) is 16.4. The van der Waals surface area contributed by atoms with E-state index in [1.165, 1.54) is 10.4 Å². The van der Waals surface area contributed by atoms with Crippen LogP contribution in [0.15, 0.2) is 76.1 Å². The third-order valence-corrected chi connectivity index (χ3v) is 7.67. The Balaban J connectivity index is 1.52. The minimum Gasteiger partial charge on any atom is -0.495 e. The number of methoxy groups -OCH3 is 1. The molecular formula is C26H26N2O5S. The van der Waals surface area contributed by atoms with Crippen molar-refractivity contribution in [3.8, 4) is 5.75 Å². The van der Waals surface area contributed by atoms with Crippen LogP contribution >= 0.6 is 0 Å². The van der Waals surface area contributed by atoms with Crippen molar-refractivity contribution >= 4 is 49.6 Å². The van der Waals surface area contributed by atoms with Gasteiger partial charge in [0.2, 0.25) is 15.9 Å². The molecule has 4 aromatic rings. The van der Waals surface area contributed by atoms with Gasteiger partial charge in [-0.2, -0.15) is 4.31 Å². The highest BCUT2D eigenvalue weighted by Gasteiger charge is 2.21. The Morgan fingerprint density at radius 3 is 2.38 bits per heavy atom. The lowest BCUT2D eigenvalue weighted by Crippen LogP contribution is -2.30. The molecule has 34 heavy (non-hydrogen) atoms. The molecule has 0 aliphatic carbocycles. The molecule has 0 aliphatic heterocycles. The number of nitrogens with one attached hydrogen (secondary N) is 1. The highest BCUT2D eigenvalue weighted by molar-refractivity contribution is 7.89. The molecule has 0 bridgehead atoms. The Morgan fingerprint density at radius 1 is 1.00 bits per heavy atom. The molecular weight excluding hydrogens is 452 g/mol. The molecule has 0 saturated heterocycles. The third-order valence-electron chi connectivity index (χ3n) is 5.61. The first-order valence-electron chi connectivity index (χ1n) is 11.0. The maximum Gasteiger partial charge on any atom is 0.248 e. The monoisotopic (exact) mass is 478 g/mol. The molecule has 8 heteroatoms. The first-order valence-corrected chi connectivity index (χ1v) is 12.4. The van der Waals surface area contributed by atoms with E-state index in [1.54, 1.807) is 57.4 Å². The van der Waals surface area contributed by atoms with Gasteiger partial charge in [-0.3, -0.25) is 4.79 Å². The first kappa shape index (κ1) is 23.5. The summed E-state index contributed by atoms with van der Waals surface area (Å²) in [6.45, 7) is 4.42. The van der Waals surface area contributed by atoms with E-state index in [1.807, 2.05) is 30.3 Å². The van der Waals surface area contributed by atoms with E-state index in [0.29, 0.717) is 35.7 Å². The molecule has 0 spiro atoms. The molecule has 176 valence electrons. The number of nitrogens with zero attached hydrogens (tertiary/aromatic N) is 1. The summed E-state index contributed by atoms with van der Waals surface area (Å²) in [5.41, 5.74) is 2.60. The Hall–Kier alpha value is -3.62. The van der Waals surface area contributed by atoms with Crippen LogP contribution in [-0.4, -0.2) is 38.8 Å². The highest BCUT2D eigenvalue weighted by atomic mass is 32.2. The average molecular weight is 479 g/mol. The zero-order valence-corrected chi connectivity index (χ0v) is 20.1. The molecule has 0 radical (unpaired) electrons. The van der Waals surface area contributed by atoms with Gasteiger partial charge < -0.3 is 14.5 Å². The fraction of sp³-hybridized carbons (Fsp3) is 0.192. The van der Waals surface area contributed by atoms with Gasteiger partial charge in [-0.1, -0.05) is 44.2 Å². The van der Waals surface area contributed by atoms with Crippen LogP contribution in [0.5, 0.6) is 5.75 Å². The number of rotatable bonds is 8. The molecule has 0 saturated carbocycles. The fourth-order valence-corrected chi connectivity index (χ4v) is 5.29. The van der Waals surface area contributed by atoms with Gasteiger partial charge in [0.25, 0.3) is 0 Å². The maximum atomic E-state index is 12.6. The second kappa shape index (κ2) is 9.70. The summed E-state index contributed by atoms with van der Waals surface area (Å²) in [5, 5.41) is 4.70. The number of hydrogen-bond acceptors (Lipinski definition) is 5. The van der Waals surface area contributed by atoms with Crippen LogP contribution in [0.25, 0.3) is 28.0 Å². The molecule has 0 fully saturated rings. The van der Waals surface area contributed by atoms with Crippen molar-refractivity contribution in [3.63, 3.8) is 0 Å². The van der Waals surface area contributed by atoms with Crippen molar-refractivity contribution in [1.29, 1.82) is 0 Å². The summed E-state index contributed by atoms with van der Waals surface area (Å²) in [5.74, 6) is 0.167. The van der Waals surface area contributed by atoms with E-state index < -0.39 is 10.0 Å². The van der Waals surface area contributed by atoms with Gasteiger partial charge in [0, 0.05) is 36.0 Å². The summed E-state index contributed by atoms with van der Waals surface area (Å²) < 4.78 is 38.0. The topological polar surface area (TPSA) is 88.9 Å². The lowest BCUT2D eigenvalue weighted by molar-refractivity contribution is -0.111. The number of amides is 1. The Labute approximate surface area is 198 Å². The zero-order chi connectivity index (χ0) is 24.3. The number of benzene rings is 3. The Morgan fingerprint density at radius 2 is 1.71 bits per heavy atom. The number of fused-ring (bicyclic) bond motifs is 3. The van der Waals surface area contributed by atoms with E-state index in [9.17, 15) is 13.2 Å². The van der Waals surface area contributed by atoms with Crippen LogP contribution < -0.4 is 10.1 Å². The number of sulfonamides is 1. The van der Waals surface area contributed by atoms with E-state index in [0.717, 1.165) is 16.4 Å². The quantitative estimate of drug-likeness (QED) is 0.348. The molecule has 1 amide bonds. The number of carbonyl (C=O) groups is 1. The van der Waals surface area contributed by atoms with Crippen molar-refractivity contribution in [2.24, 2.45) is 0 Å². The summed E-state index contributed by atoms with van der Waals surface area (Å²) in [6.07, 6.45) is 3.01. The molecule has 1 heterocycles. The lowest BCUT2D eigenvalue weighted by atomic mass is 10.1. The molecule has 1 aromatic heterocycles. The van der Waals surface area contributed by atoms with E-state index in [4.69, 9.17) is 9.15 Å². The largest absolute Gasteiger partial charge is 0.495 e. The predicted octanol–water partition coefficient (Wildman–Crippen LogP) is 5.28. The molecule has 3 aromatic carbocycles. The van der Waals surface area contributed by atoms with Crippen molar-refractivity contribution in [2.75, 3.05) is 25.5 Å². The van der Waals surface area contributed by atoms with Gasteiger partial charge in [-0.25, -0.2) is 8.42 Å². The zero-order valence-electron chi connectivity index (χ0n) is 19.2. The van der Waals surface area contributed by atoms with Crippen LogP contribution in [0.4, 0.5) is 5.69 Å². The van der Waals surface area contributed by atoms with Crippen molar-refractivity contribution < 1.29 is 22.4 Å². The van der Waals surface area contributed by atoms with Crippen molar-refractivity contribution in [3.05, 3.63) is 72.3 Å². The van der Waals surface area contributed by atoms with Crippen LogP contribution in [-0.2, 0) is 14.8 Å². The second-order valence-corrected chi connectivity index (χ2v) is 9.57. The van der Waals surface area contributed by atoms with Gasteiger partial charge >= 0.3 is 0 Å². The Bertz CT molecular complexity index is 1470. The molecule has 0 aliphatic rings. The smallest absolute Gasteiger partial charge is 0.248 e. The number of anilines is 1. The lowest BCUT2D eigenvalue weighted by Gasteiger charge is -2.18. The summed E-state index contributed by atoms with van der Waals surface area (Å²) in [4.78, 5) is 12.8. The molecule has 0 atom stereocenters.